The number of carbonyl (C=O) groups is 1. The summed E-state index contributed by atoms with van der Waals surface area (Å²) in [4.78, 5) is 13.6. The second-order valence-corrected chi connectivity index (χ2v) is 5.03. The van der Waals surface area contributed by atoms with Gasteiger partial charge in [-0.05, 0) is 32.3 Å². The number of hydrogen-bond donors (Lipinski definition) is 1. The Hall–Kier alpha value is -2.21. The first-order valence-electron chi connectivity index (χ1n) is 6.61. The van der Waals surface area contributed by atoms with E-state index < -0.39 is 5.97 Å². The number of carboxylic acids is 1. The van der Waals surface area contributed by atoms with Crippen molar-refractivity contribution in [2.24, 2.45) is 0 Å². The minimum Gasteiger partial charge on any atom is -0.497 e. The molecule has 0 bridgehead atoms. The molecule has 0 amide bonds. The highest BCUT2D eigenvalue weighted by Gasteiger charge is 2.23. The van der Waals surface area contributed by atoms with E-state index in [0.29, 0.717) is 18.0 Å². The lowest BCUT2D eigenvalue weighted by Gasteiger charge is -2.13. The predicted molar refractivity (Wildman–Crippen MR) is 80.6 cm³/mol. The number of hydrogen-bond acceptors (Lipinski definition) is 4. The van der Waals surface area contributed by atoms with Gasteiger partial charge in [-0.15, -0.1) is 0 Å². The molecule has 1 aromatic carbocycles. The maximum Gasteiger partial charge on any atom is 0.356 e. The van der Waals surface area contributed by atoms with Gasteiger partial charge in [0.1, 0.15) is 5.75 Å². The van der Waals surface area contributed by atoms with E-state index in [2.05, 4.69) is 0 Å². The molecule has 21 heavy (non-hydrogen) atoms. The van der Waals surface area contributed by atoms with Crippen LogP contribution in [0.25, 0.3) is 10.9 Å². The molecule has 0 aliphatic heterocycles. The van der Waals surface area contributed by atoms with Gasteiger partial charge in [0.25, 0.3) is 0 Å². The van der Waals surface area contributed by atoms with Crippen LogP contribution in [0.2, 0.25) is 0 Å². The van der Waals surface area contributed by atoms with Crippen molar-refractivity contribution in [2.45, 2.75) is 6.54 Å². The zero-order valence-corrected chi connectivity index (χ0v) is 12.7. The first-order valence-corrected chi connectivity index (χ1v) is 6.61. The third kappa shape index (κ3) is 2.80. The number of ether oxygens (including phenoxy) is 2. The topological polar surface area (TPSA) is 63.9 Å². The van der Waals surface area contributed by atoms with Crippen molar-refractivity contribution in [3.8, 4) is 11.5 Å². The summed E-state index contributed by atoms with van der Waals surface area (Å²) in [6.07, 6.45) is 0. The van der Waals surface area contributed by atoms with Crippen LogP contribution in [0.15, 0.2) is 18.2 Å². The van der Waals surface area contributed by atoms with E-state index in [-0.39, 0.29) is 5.69 Å². The van der Waals surface area contributed by atoms with Crippen molar-refractivity contribution < 1.29 is 19.4 Å². The summed E-state index contributed by atoms with van der Waals surface area (Å²) in [6, 6.07) is 5.48. The number of aromatic carboxylic acids is 1. The Morgan fingerprint density at radius 1 is 1.29 bits per heavy atom. The van der Waals surface area contributed by atoms with Gasteiger partial charge in [-0.1, -0.05) is 0 Å². The number of carboxylic acid groups (broad SMARTS) is 1. The molecule has 0 radical (unpaired) electrons. The number of benzene rings is 1. The van der Waals surface area contributed by atoms with Gasteiger partial charge in [-0.25, -0.2) is 4.79 Å². The van der Waals surface area contributed by atoms with Crippen LogP contribution in [-0.4, -0.2) is 55.4 Å². The zero-order chi connectivity index (χ0) is 15.6. The maximum atomic E-state index is 11.6. The van der Waals surface area contributed by atoms with Gasteiger partial charge in [0.05, 0.1) is 19.7 Å². The van der Waals surface area contributed by atoms with Crippen LogP contribution < -0.4 is 9.47 Å². The molecule has 0 aliphatic carbocycles. The highest BCUT2D eigenvalue weighted by Crippen LogP contribution is 2.35. The summed E-state index contributed by atoms with van der Waals surface area (Å²) in [7, 11) is 6.96. The van der Waals surface area contributed by atoms with Gasteiger partial charge in [-0.2, -0.15) is 0 Å². The van der Waals surface area contributed by atoms with Crippen molar-refractivity contribution in [3.05, 3.63) is 23.9 Å². The van der Waals surface area contributed by atoms with Crippen molar-refractivity contribution in [1.82, 2.24) is 9.47 Å². The Kier molecular flexibility index (Phi) is 4.37. The van der Waals surface area contributed by atoms with Gasteiger partial charge < -0.3 is 24.0 Å². The Morgan fingerprint density at radius 3 is 2.52 bits per heavy atom. The van der Waals surface area contributed by atoms with E-state index in [1.54, 1.807) is 17.7 Å². The molecule has 6 nitrogen and oxygen atoms in total. The second-order valence-electron chi connectivity index (χ2n) is 5.03. The van der Waals surface area contributed by atoms with Crippen molar-refractivity contribution >= 4 is 16.9 Å². The van der Waals surface area contributed by atoms with Crippen LogP contribution in [0.5, 0.6) is 11.5 Å². The second kappa shape index (κ2) is 6.05. The lowest BCUT2D eigenvalue weighted by atomic mass is 10.2. The third-order valence-electron chi connectivity index (χ3n) is 3.40. The highest BCUT2D eigenvalue weighted by molar-refractivity contribution is 6.01. The van der Waals surface area contributed by atoms with Crippen LogP contribution in [0.4, 0.5) is 0 Å². The molecule has 0 saturated heterocycles. The quantitative estimate of drug-likeness (QED) is 0.881. The first-order chi connectivity index (χ1) is 9.99. The molecule has 2 aromatic rings. The van der Waals surface area contributed by atoms with E-state index in [4.69, 9.17) is 9.47 Å². The molecule has 0 fully saturated rings. The molecule has 1 aromatic heterocycles. The van der Waals surface area contributed by atoms with Crippen molar-refractivity contribution in [1.29, 1.82) is 0 Å². The number of methoxy groups -OCH3 is 2. The van der Waals surface area contributed by atoms with Crippen LogP contribution in [0.3, 0.4) is 0 Å². The molecule has 0 atom stereocenters. The highest BCUT2D eigenvalue weighted by atomic mass is 16.5. The van der Waals surface area contributed by atoms with E-state index in [0.717, 1.165) is 17.4 Å². The smallest absolute Gasteiger partial charge is 0.356 e. The third-order valence-corrected chi connectivity index (χ3v) is 3.40. The lowest BCUT2D eigenvalue weighted by molar-refractivity contribution is 0.0681. The Balaban J connectivity index is 2.68. The fraction of sp³-hybridized carbons (Fsp3) is 0.400. The Labute approximate surface area is 123 Å². The lowest BCUT2D eigenvalue weighted by Crippen LogP contribution is -2.20. The molecule has 1 heterocycles. The van der Waals surface area contributed by atoms with Gasteiger partial charge in [0.2, 0.25) is 0 Å². The normalized spacial score (nSPS) is 11.1. The molecule has 0 unspecified atom stereocenters. The maximum absolute atomic E-state index is 11.6. The average Bonchev–Trinajstić information content (AvgIpc) is 2.77. The van der Waals surface area contributed by atoms with Crippen LogP contribution in [0, 0.1) is 0 Å². The van der Waals surface area contributed by atoms with Gasteiger partial charge in [0.15, 0.2) is 11.4 Å². The van der Waals surface area contributed by atoms with Crippen molar-refractivity contribution in [2.75, 3.05) is 34.9 Å². The average molecular weight is 292 g/mol. The summed E-state index contributed by atoms with van der Waals surface area (Å²) in [5.41, 5.74) is 0.995. The zero-order valence-electron chi connectivity index (χ0n) is 12.7. The minimum absolute atomic E-state index is 0.169. The van der Waals surface area contributed by atoms with Gasteiger partial charge >= 0.3 is 5.97 Å². The summed E-state index contributed by atoms with van der Waals surface area (Å²) in [5.74, 6) is 0.0402. The van der Waals surface area contributed by atoms with Crippen LogP contribution in [-0.2, 0) is 6.54 Å². The first kappa shape index (κ1) is 15.2. The monoisotopic (exact) mass is 292 g/mol. The molecule has 0 saturated carbocycles. The van der Waals surface area contributed by atoms with E-state index in [9.17, 15) is 9.90 Å². The number of aromatic nitrogens is 1. The SMILES string of the molecule is COc1ccc2c(c1)c(OC)c(C(=O)O)n2CCN(C)C. The summed E-state index contributed by atoms with van der Waals surface area (Å²) >= 11 is 0. The summed E-state index contributed by atoms with van der Waals surface area (Å²) < 4.78 is 12.3. The Bertz CT molecular complexity index is 661. The van der Waals surface area contributed by atoms with Crippen molar-refractivity contribution in [3.63, 3.8) is 0 Å². The molecule has 0 aliphatic rings. The number of nitrogens with zero attached hydrogens (tertiary/aromatic N) is 2. The minimum atomic E-state index is -0.999. The van der Waals surface area contributed by atoms with Gasteiger partial charge in [-0.3, -0.25) is 0 Å². The van der Waals surface area contributed by atoms with E-state index >= 15 is 0 Å². The van der Waals surface area contributed by atoms with E-state index in [1.165, 1.54) is 7.11 Å². The summed E-state index contributed by atoms with van der Waals surface area (Å²) in [6.45, 7) is 1.31. The fourth-order valence-corrected chi connectivity index (χ4v) is 2.38. The summed E-state index contributed by atoms with van der Waals surface area (Å²) in [5, 5.41) is 10.3. The molecule has 0 spiro atoms. The fourth-order valence-electron chi connectivity index (χ4n) is 2.38. The Morgan fingerprint density at radius 2 is 2.00 bits per heavy atom. The molecule has 6 heteroatoms. The molecular weight excluding hydrogens is 272 g/mol. The molecule has 1 N–H and O–H groups in total. The van der Waals surface area contributed by atoms with Crippen LogP contribution in [0.1, 0.15) is 10.5 Å². The number of rotatable bonds is 6. The number of fused-ring (bicyclic) bond motifs is 1. The largest absolute Gasteiger partial charge is 0.497 e. The molecule has 114 valence electrons. The molecule has 2 rings (SSSR count). The number of likely N-dealkylation sites (N-methyl/N-ethyl adjacent to an activating group) is 1. The standard InChI is InChI=1S/C15H20N2O4/c1-16(2)7-8-17-12-6-5-10(20-3)9-11(12)14(21-4)13(17)15(18)19/h5-6,9H,7-8H2,1-4H3,(H,18,19). The molecular formula is C15H20N2O4. The predicted octanol–water partition coefficient (Wildman–Crippen LogP) is 1.92. The van der Waals surface area contributed by atoms with E-state index in [1.807, 2.05) is 31.1 Å². The van der Waals surface area contributed by atoms with Gasteiger partial charge in [0, 0.05) is 18.5 Å². The van der Waals surface area contributed by atoms with Crippen LogP contribution >= 0.6 is 0 Å².